The van der Waals surface area contributed by atoms with E-state index in [0.29, 0.717) is 18.0 Å². The van der Waals surface area contributed by atoms with Crippen molar-refractivity contribution in [1.29, 1.82) is 0 Å². The first kappa shape index (κ1) is 12.1. The highest BCUT2D eigenvalue weighted by Crippen LogP contribution is 2.22. The number of ketones is 1. The molecule has 1 heterocycles. The van der Waals surface area contributed by atoms with Gasteiger partial charge in [0.05, 0.1) is 10.1 Å². The van der Waals surface area contributed by atoms with Crippen molar-refractivity contribution >= 4 is 40.5 Å². The summed E-state index contributed by atoms with van der Waals surface area (Å²) in [7, 11) is 0. The van der Waals surface area contributed by atoms with Gasteiger partial charge in [-0.2, -0.15) is 11.8 Å². The van der Waals surface area contributed by atoms with E-state index in [2.05, 4.69) is 6.92 Å². The molecule has 0 amide bonds. The van der Waals surface area contributed by atoms with E-state index in [-0.39, 0.29) is 0 Å². The molecule has 0 radical (unpaired) electrons. The van der Waals surface area contributed by atoms with Crippen LogP contribution in [0.5, 0.6) is 0 Å². The molecule has 1 nitrogen and oxygen atoms in total. The Hall–Kier alpha value is 0.01000. The number of thiophene rings is 1. The van der Waals surface area contributed by atoms with Gasteiger partial charge in [0, 0.05) is 11.3 Å². The predicted molar refractivity (Wildman–Crippen MR) is 65.7 cm³/mol. The summed E-state index contributed by atoms with van der Waals surface area (Å²) in [5.41, 5.74) is 0. The minimum absolute atomic E-state index is 0.293. The molecule has 1 rings (SSSR count). The van der Waals surface area contributed by atoms with Gasteiger partial charge in [0.1, 0.15) is 5.78 Å². The number of hydrogen-bond donors (Lipinski definition) is 0. The number of hydrogen-bond acceptors (Lipinski definition) is 3. The Morgan fingerprint density at radius 2 is 2.36 bits per heavy atom. The monoisotopic (exact) mass is 248 g/mol. The Kier molecular flexibility index (Phi) is 5.60. The van der Waals surface area contributed by atoms with E-state index >= 15 is 0 Å². The fourth-order valence-electron chi connectivity index (χ4n) is 1.02. The van der Waals surface area contributed by atoms with Crippen LogP contribution < -0.4 is 0 Å². The summed E-state index contributed by atoms with van der Waals surface area (Å²) < 4.78 is 0.758. The molecule has 0 aliphatic rings. The topological polar surface area (TPSA) is 17.1 Å². The van der Waals surface area contributed by atoms with Gasteiger partial charge in [0.15, 0.2) is 0 Å². The van der Waals surface area contributed by atoms with Crippen LogP contribution in [-0.2, 0) is 11.2 Å². The number of halogens is 1. The van der Waals surface area contributed by atoms with Gasteiger partial charge in [-0.15, -0.1) is 11.3 Å². The van der Waals surface area contributed by atoms with Gasteiger partial charge < -0.3 is 0 Å². The average Bonchev–Trinajstić information content (AvgIpc) is 2.52. The standard InChI is InChI=1S/C10H13ClOS2/c1-2-5-13-7-8(12)6-9-3-4-10(11)14-9/h3-4H,2,5-7H2,1H3. The maximum absolute atomic E-state index is 11.4. The van der Waals surface area contributed by atoms with Crippen LogP contribution in [-0.4, -0.2) is 17.3 Å². The molecule has 0 saturated carbocycles. The Morgan fingerprint density at radius 3 is 2.93 bits per heavy atom. The van der Waals surface area contributed by atoms with Gasteiger partial charge in [-0.3, -0.25) is 4.79 Å². The van der Waals surface area contributed by atoms with Crippen LogP contribution in [0.15, 0.2) is 12.1 Å². The van der Waals surface area contributed by atoms with Crippen LogP contribution in [0.25, 0.3) is 0 Å². The Labute approximate surface area is 97.8 Å². The van der Waals surface area contributed by atoms with Gasteiger partial charge in [-0.25, -0.2) is 0 Å². The molecule has 0 fully saturated rings. The van der Waals surface area contributed by atoms with Gasteiger partial charge in [0.25, 0.3) is 0 Å². The molecule has 0 N–H and O–H groups in total. The quantitative estimate of drug-likeness (QED) is 0.715. The summed E-state index contributed by atoms with van der Waals surface area (Å²) in [6.07, 6.45) is 1.66. The normalized spacial score (nSPS) is 10.4. The van der Waals surface area contributed by atoms with Crippen molar-refractivity contribution in [3.63, 3.8) is 0 Å². The zero-order valence-electron chi connectivity index (χ0n) is 8.09. The molecular formula is C10H13ClOS2. The van der Waals surface area contributed by atoms with E-state index in [4.69, 9.17) is 11.6 Å². The number of thioether (sulfide) groups is 1. The molecule has 0 spiro atoms. The van der Waals surface area contributed by atoms with E-state index in [0.717, 1.165) is 21.4 Å². The number of rotatable bonds is 6. The lowest BCUT2D eigenvalue weighted by atomic mass is 10.3. The van der Waals surface area contributed by atoms with Crippen molar-refractivity contribution in [1.82, 2.24) is 0 Å². The first-order valence-electron chi connectivity index (χ1n) is 4.56. The van der Waals surface area contributed by atoms with Gasteiger partial charge >= 0.3 is 0 Å². The van der Waals surface area contributed by atoms with E-state index < -0.39 is 0 Å². The van der Waals surface area contributed by atoms with E-state index in [9.17, 15) is 4.79 Å². The van der Waals surface area contributed by atoms with E-state index in [1.54, 1.807) is 11.8 Å². The number of carbonyl (C=O) groups excluding carboxylic acids is 1. The second kappa shape index (κ2) is 6.49. The third-order valence-electron chi connectivity index (χ3n) is 1.61. The third kappa shape index (κ3) is 4.49. The molecule has 14 heavy (non-hydrogen) atoms. The molecule has 0 unspecified atom stereocenters. The highest BCUT2D eigenvalue weighted by molar-refractivity contribution is 7.99. The maximum Gasteiger partial charge on any atom is 0.147 e. The van der Waals surface area contributed by atoms with Crippen LogP contribution in [0.3, 0.4) is 0 Å². The van der Waals surface area contributed by atoms with Crippen LogP contribution in [0.1, 0.15) is 18.2 Å². The lowest BCUT2D eigenvalue weighted by Gasteiger charge is -1.97. The molecule has 78 valence electrons. The largest absolute Gasteiger partial charge is 0.298 e. The average molecular weight is 249 g/mol. The summed E-state index contributed by atoms with van der Waals surface area (Å²) >= 11 is 8.97. The Balaban J connectivity index is 2.27. The van der Waals surface area contributed by atoms with E-state index in [1.807, 2.05) is 12.1 Å². The second-order valence-electron chi connectivity index (χ2n) is 2.97. The highest BCUT2D eigenvalue weighted by atomic mass is 35.5. The van der Waals surface area contributed by atoms with Gasteiger partial charge in [-0.05, 0) is 24.3 Å². The second-order valence-corrected chi connectivity index (χ2v) is 5.88. The lowest BCUT2D eigenvalue weighted by Crippen LogP contribution is -2.04. The summed E-state index contributed by atoms with van der Waals surface area (Å²) in [5.74, 6) is 1.99. The minimum Gasteiger partial charge on any atom is -0.298 e. The number of Topliss-reactive ketones (excluding diaryl/α,β-unsaturated/α-hetero) is 1. The van der Waals surface area contributed by atoms with E-state index in [1.165, 1.54) is 11.3 Å². The zero-order valence-corrected chi connectivity index (χ0v) is 10.5. The fraction of sp³-hybridized carbons (Fsp3) is 0.500. The van der Waals surface area contributed by atoms with Crippen molar-refractivity contribution in [2.24, 2.45) is 0 Å². The molecule has 4 heteroatoms. The van der Waals surface area contributed by atoms with Crippen LogP contribution in [0.2, 0.25) is 4.34 Å². The SMILES string of the molecule is CCCSCC(=O)Cc1ccc(Cl)s1. The summed E-state index contributed by atoms with van der Waals surface area (Å²) in [4.78, 5) is 12.5. The maximum atomic E-state index is 11.4. The van der Waals surface area contributed by atoms with Crippen molar-refractivity contribution < 1.29 is 4.79 Å². The summed E-state index contributed by atoms with van der Waals surface area (Å²) in [6, 6.07) is 3.77. The Morgan fingerprint density at radius 1 is 1.57 bits per heavy atom. The summed E-state index contributed by atoms with van der Waals surface area (Å²) in [5, 5.41) is 0. The molecule has 0 aliphatic carbocycles. The third-order valence-corrected chi connectivity index (χ3v) is 4.07. The van der Waals surface area contributed by atoms with Crippen LogP contribution in [0.4, 0.5) is 0 Å². The molecular weight excluding hydrogens is 236 g/mol. The smallest absolute Gasteiger partial charge is 0.147 e. The van der Waals surface area contributed by atoms with Crippen LogP contribution >= 0.6 is 34.7 Å². The molecule has 0 aliphatic heterocycles. The minimum atomic E-state index is 0.293. The molecule has 0 aromatic carbocycles. The van der Waals surface area contributed by atoms with Gasteiger partial charge in [0.2, 0.25) is 0 Å². The molecule has 0 atom stereocenters. The van der Waals surface area contributed by atoms with Crippen molar-refractivity contribution in [2.75, 3.05) is 11.5 Å². The first-order chi connectivity index (χ1) is 6.72. The predicted octanol–water partition coefficient (Wildman–Crippen LogP) is 3.66. The molecule has 1 aromatic rings. The van der Waals surface area contributed by atoms with Crippen LogP contribution in [0, 0.1) is 0 Å². The zero-order chi connectivity index (χ0) is 10.4. The fourth-order valence-corrected chi connectivity index (χ4v) is 2.90. The Bertz CT molecular complexity index is 296. The lowest BCUT2D eigenvalue weighted by molar-refractivity contribution is -0.115. The first-order valence-corrected chi connectivity index (χ1v) is 6.91. The molecule has 1 aromatic heterocycles. The highest BCUT2D eigenvalue weighted by Gasteiger charge is 2.05. The number of carbonyl (C=O) groups is 1. The van der Waals surface area contributed by atoms with Crippen molar-refractivity contribution in [3.05, 3.63) is 21.3 Å². The molecule has 0 saturated heterocycles. The van der Waals surface area contributed by atoms with Crippen molar-refractivity contribution in [3.8, 4) is 0 Å². The summed E-state index contributed by atoms with van der Waals surface area (Å²) in [6.45, 7) is 2.12. The van der Waals surface area contributed by atoms with Crippen molar-refractivity contribution in [2.45, 2.75) is 19.8 Å². The molecule has 0 bridgehead atoms. The van der Waals surface area contributed by atoms with Gasteiger partial charge in [-0.1, -0.05) is 18.5 Å².